The van der Waals surface area contributed by atoms with Crippen LogP contribution in [0.3, 0.4) is 0 Å². The minimum Gasteiger partial charge on any atom is -0.396 e. The van der Waals surface area contributed by atoms with E-state index in [9.17, 15) is 9.90 Å². The Hall–Kier alpha value is -0.610. The minimum atomic E-state index is 0.108. The van der Waals surface area contributed by atoms with Gasteiger partial charge in [0.25, 0.3) is 0 Å². The third-order valence-electron chi connectivity index (χ3n) is 3.94. The monoisotopic (exact) mass is 242 g/mol. The fourth-order valence-corrected chi connectivity index (χ4v) is 2.33. The SMILES string of the molecule is CCCNC(=O)CN1CCC(CC)(CO)CC1. The van der Waals surface area contributed by atoms with Gasteiger partial charge < -0.3 is 10.4 Å². The van der Waals surface area contributed by atoms with Gasteiger partial charge in [0.1, 0.15) is 0 Å². The maximum Gasteiger partial charge on any atom is 0.234 e. The van der Waals surface area contributed by atoms with E-state index >= 15 is 0 Å². The first kappa shape index (κ1) is 14.5. The summed E-state index contributed by atoms with van der Waals surface area (Å²) in [6.07, 6.45) is 4.01. The molecule has 0 aromatic carbocycles. The highest BCUT2D eigenvalue weighted by atomic mass is 16.3. The zero-order chi connectivity index (χ0) is 12.7. The Morgan fingerprint density at radius 2 is 2.00 bits per heavy atom. The number of piperidine rings is 1. The highest BCUT2D eigenvalue weighted by molar-refractivity contribution is 5.77. The molecule has 4 heteroatoms. The van der Waals surface area contributed by atoms with Crippen molar-refractivity contribution in [3.63, 3.8) is 0 Å². The standard InChI is InChI=1S/C13H26N2O2/c1-3-7-14-12(17)10-15-8-5-13(4-2,11-16)6-9-15/h16H,3-11H2,1-2H3,(H,14,17). The van der Waals surface area contributed by atoms with Crippen LogP contribution in [0, 0.1) is 5.41 Å². The molecule has 4 nitrogen and oxygen atoms in total. The summed E-state index contributed by atoms with van der Waals surface area (Å²) >= 11 is 0. The molecule has 1 rings (SSSR count). The van der Waals surface area contributed by atoms with Crippen molar-refractivity contribution in [1.29, 1.82) is 0 Å². The molecule has 100 valence electrons. The summed E-state index contributed by atoms with van der Waals surface area (Å²) in [6.45, 7) is 7.59. The highest BCUT2D eigenvalue weighted by Crippen LogP contribution is 2.33. The second-order valence-electron chi connectivity index (χ2n) is 5.14. The average Bonchev–Trinajstić information content (AvgIpc) is 2.38. The largest absolute Gasteiger partial charge is 0.396 e. The van der Waals surface area contributed by atoms with Gasteiger partial charge in [0, 0.05) is 13.2 Å². The summed E-state index contributed by atoms with van der Waals surface area (Å²) in [5, 5.41) is 12.3. The van der Waals surface area contributed by atoms with Crippen molar-refractivity contribution in [2.75, 3.05) is 32.8 Å². The summed E-state index contributed by atoms with van der Waals surface area (Å²) in [6, 6.07) is 0. The Bertz CT molecular complexity index is 230. The zero-order valence-electron chi connectivity index (χ0n) is 11.2. The van der Waals surface area contributed by atoms with Crippen LogP contribution < -0.4 is 5.32 Å². The van der Waals surface area contributed by atoms with Gasteiger partial charge in [0.2, 0.25) is 5.91 Å². The normalized spacial score (nSPS) is 20.2. The van der Waals surface area contributed by atoms with Gasteiger partial charge in [-0.2, -0.15) is 0 Å². The molecule has 0 radical (unpaired) electrons. The minimum absolute atomic E-state index is 0.108. The van der Waals surface area contributed by atoms with Crippen molar-refractivity contribution in [2.24, 2.45) is 5.41 Å². The van der Waals surface area contributed by atoms with Gasteiger partial charge in [-0.3, -0.25) is 9.69 Å². The van der Waals surface area contributed by atoms with Crippen LogP contribution in [0.15, 0.2) is 0 Å². The Morgan fingerprint density at radius 1 is 1.35 bits per heavy atom. The van der Waals surface area contributed by atoms with E-state index < -0.39 is 0 Å². The Kier molecular flexibility index (Phi) is 5.92. The van der Waals surface area contributed by atoms with Crippen molar-refractivity contribution < 1.29 is 9.90 Å². The Morgan fingerprint density at radius 3 is 2.47 bits per heavy atom. The number of hydrogen-bond donors (Lipinski definition) is 2. The first-order chi connectivity index (χ1) is 8.15. The second kappa shape index (κ2) is 6.97. The molecule has 0 aliphatic carbocycles. The molecule has 2 N–H and O–H groups in total. The molecule has 1 aliphatic rings. The maximum absolute atomic E-state index is 11.6. The van der Waals surface area contributed by atoms with Crippen molar-refractivity contribution in [3.8, 4) is 0 Å². The number of aliphatic hydroxyl groups excluding tert-OH is 1. The van der Waals surface area contributed by atoms with Gasteiger partial charge in [-0.05, 0) is 44.2 Å². The van der Waals surface area contributed by atoms with E-state index in [1.165, 1.54) is 0 Å². The van der Waals surface area contributed by atoms with Crippen LogP contribution in [-0.2, 0) is 4.79 Å². The topological polar surface area (TPSA) is 52.6 Å². The molecule has 0 aromatic rings. The number of carbonyl (C=O) groups excluding carboxylic acids is 1. The molecule has 1 fully saturated rings. The first-order valence-corrected chi connectivity index (χ1v) is 6.75. The lowest BCUT2D eigenvalue weighted by atomic mass is 9.77. The van der Waals surface area contributed by atoms with E-state index in [4.69, 9.17) is 0 Å². The number of carbonyl (C=O) groups is 1. The summed E-state index contributed by atoms with van der Waals surface area (Å²) in [7, 11) is 0. The van der Waals surface area contributed by atoms with E-state index in [-0.39, 0.29) is 17.9 Å². The Balaban J connectivity index is 2.29. The van der Waals surface area contributed by atoms with E-state index in [0.29, 0.717) is 6.54 Å². The Labute approximate surface area is 104 Å². The predicted molar refractivity (Wildman–Crippen MR) is 68.8 cm³/mol. The van der Waals surface area contributed by atoms with Crippen molar-refractivity contribution in [2.45, 2.75) is 39.5 Å². The molecule has 1 heterocycles. The van der Waals surface area contributed by atoms with Crippen molar-refractivity contribution in [3.05, 3.63) is 0 Å². The van der Waals surface area contributed by atoms with Crippen LogP contribution >= 0.6 is 0 Å². The van der Waals surface area contributed by atoms with Crippen LogP contribution in [0.2, 0.25) is 0 Å². The van der Waals surface area contributed by atoms with Crippen LogP contribution in [0.1, 0.15) is 39.5 Å². The van der Waals surface area contributed by atoms with Crippen molar-refractivity contribution in [1.82, 2.24) is 10.2 Å². The van der Waals surface area contributed by atoms with Gasteiger partial charge in [-0.15, -0.1) is 0 Å². The maximum atomic E-state index is 11.6. The molecule has 0 aromatic heterocycles. The second-order valence-corrected chi connectivity index (χ2v) is 5.14. The van der Waals surface area contributed by atoms with Crippen molar-refractivity contribution >= 4 is 5.91 Å². The quantitative estimate of drug-likeness (QED) is 0.730. The highest BCUT2D eigenvalue weighted by Gasteiger charge is 2.32. The molecule has 17 heavy (non-hydrogen) atoms. The number of nitrogens with zero attached hydrogens (tertiary/aromatic N) is 1. The van der Waals surface area contributed by atoms with Crippen LogP contribution in [0.5, 0.6) is 0 Å². The first-order valence-electron chi connectivity index (χ1n) is 6.75. The molecule has 0 atom stereocenters. The zero-order valence-corrected chi connectivity index (χ0v) is 11.2. The van der Waals surface area contributed by atoms with Gasteiger partial charge >= 0.3 is 0 Å². The molecule has 1 saturated heterocycles. The summed E-state index contributed by atoms with van der Waals surface area (Å²) in [5.74, 6) is 0.125. The van der Waals surface area contributed by atoms with Gasteiger partial charge in [0.15, 0.2) is 0 Å². The number of hydrogen-bond acceptors (Lipinski definition) is 3. The number of nitrogens with one attached hydrogen (secondary N) is 1. The fraction of sp³-hybridized carbons (Fsp3) is 0.923. The van der Waals surface area contributed by atoms with Crippen LogP contribution in [-0.4, -0.2) is 48.7 Å². The van der Waals surface area contributed by atoms with Crippen LogP contribution in [0.4, 0.5) is 0 Å². The summed E-state index contributed by atoms with van der Waals surface area (Å²) < 4.78 is 0. The molecular weight excluding hydrogens is 216 g/mol. The van der Waals surface area contributed by atoms with Crippen LogP contribution in [0.25, 0.3) is 0 Å². The molecule has 1 aliphatic heterocycles. The molecule has 1 amide bonds. The number of likely N-dealkylation sites (tertiary alicyclic amines) is 1. The smallest absolute Gasteiger partial charge is 0.234 e. The molecular formula is C13H26N2O2. The van der Waals surface area contributed by atoms with Gasteiger partial charge in [-0.25, -0.2) is 0 Å². The third kappa shape index (κ3) is 4.28. The van der Waals surface area contributed by atoms with E-state index in [1.54, 1.807) is 0 Å². The van der Waals surface area contributed by atoms with Gasteiger partial charge in [-0.1, -0.05) is 13.8 Å². The molecule has 0 spiro atoms. The lowest BCUT2D eigenvalue weighted by Crippen LogP contribution is -2.45. The van der Waals surface area contributed by atoms with Gasteiger partial charge in [0.05, 0.1) is 6.54 Å². The summed E-state index contributed by atoms with van der Waals surface area (Å²) in [5.41, 5.74) is 0.108. The number of amides is 1. The molecule has 0 saturated carbocycles. The lowest BCUT2D eigenvalue weighted by molar-refractivity contribution is -0.123. The van der Waals surface area contributed by atoms with E-state index in [0.717, 1.165) is 45.3 Å². The number of rotatable bonds is 6. The average molecular weight is 242 g/mol. The van der Waals surface area contributed by atoms with E-state index in [2.05, 4.69) is 24.1 Å². The lowest BCUT2D eigenvalue weighted by Gasteiger charge is -2.39. The molecule has 0 unspecified atom stereocenters. The number of aliphatic hydroxyl groups is 1. The fourth-order valence-electron chi connectivity index (χ4n) is 2.33. The molecule has 0 bridgehead atoms. The third-order valence-corrected chi connectivity index (χ3v) is 3.94. The predicted octanol–water partition coefficient (Wildman–Crippen LogP) is 0.997. The summed E-state index contributed by atoms with van der Waals surface area (Å²) in [4.78, 5) is 13.8. The van der Waals surface area contributed by atoms with E-state index in [1.807, 2.05) is 0 Å².